The Kier molecular flexibility index (Phi) is 3.02. The van der Waals surface area contributed by atoms with E-state index in [1.54, 1.807) is 0 Å². The van der Waals surface area contributed by atoms with Gasteiger partial charge in [0.15, 0.2) is 5.82 Å². The average molecular weight is 227 g/mol. The fraction of sp³-hybridized carbons (Fsp3) is 0.800. The van der Waals surface area contributed by atoms with Crippen molar-refractivity contribution in [3.8, 4) is 0 Å². The molecule has 2 unspecified atom stereocenters. The first-order valence-corrected chi connectivity index (χ1v) is 6.45. The minimum atomic E-state index is -0.389. The highest BCUT2D eigenvalue weighted by Gasteiger charge is 2.42. The van der Waals surface area contributed by atoms with E-state index in [-0.39, 0.29) is 5.54 Å². The van der Waals surface area contributed by atoms with Gasteiger partial charge >= 0.3 is 0 Å². The molecule has 0 aromatic carbocycles. The van der Waals surface area contributed by atoms with E-state index in [9.17, 15) is 0 Å². The molecule has 0 bridgehead atoms. The third kappa shape index (κ3) is 1.90. The molecule has 1 fully saturated rings. The Bertz CT molecular complexity index is 341. The molecule has 2 heterocycles. The van der Waals surface area contributed by atoms with E-state index in [4.69, 9.17) is 10.3 Å². The van der Waals surface area contributed by atoms with E-state index in [0.717, 1.165) is 25.0 Å². The normalized spacial score (nSPS) is 31.0. The molecule has 4 nitrogen and oxygen atoms in total. The lowest BCUT2D eigenvalue weighted by molar-refractivity contribution is 0.345. The van der Waals surface area contributed by atoms with Crippen LogP contribution in [0.5, 0.6) is 0 Å². The molecule has 1 saturated heterocycles. The average Bonchev–Trinajstić information content (AvgIpc) is 2.77. The summed E-state index contributed by atoms with van der Waals surface area (Å²) in [5.74, 6) is 2.47. The molecule has 2 atom stereocenters. The molecule has 0 amide bonds. The first-order valence-electron chi connectivity index (χ1n) is 5.40. The summed E-state index contributed by atoms with van der Waals surface area (Å²) in [7, 11) is 0. The Morgan fingerprint density at radius 3 is 3.07 bits per heavy atom. The molecule has 0 radical (unpaired) electrons. The van der Waals surface area contributed by atoms with E-state index in [2.05, 4.69) is 24.0 Å². The number of thioether (sulfide) groups is 1. The predicted molar refractivity (Wildman–Crippen MR) is 60.7 cm³/mol. The topological polar surface area (TPSA) is 64.9 Å². The van der Waals surface area contributed by atoms with Crippen molar-refractivity contribution in [3.63, 3.8) is 0 Å². The van der Waals surface area contributed by atoms with E-state index >= 15 is 0 Å². The number of rotatable bonds is 3. The lowest BCUT2D eigenvalue weighted by atomic mass is 9.93. The van der Waals surface area contributed by atoms with Crippen molar-refractivity contribution in [2.75, 3.05) is 5.75 Å². The molecule has 0 saturated carbocycles. The second-order valence-electron chi connectivity index (χ2n) is 4.07. The SMILES string of the molecule is CCCc1nc(C2(N)CCSC2C)no1. The Balaban J connectivity index is 2.21. The second kappa shape index (κ2) is 4.14. The van der Waals surface area contributed by atoms with Crippen LogP contribution in [0.3, 0.4) is 0 Å². The highest BCUT2D eigenvalue weighted by molar-refractivity contribution is 8.00. The van der Waals surface area contributed by atoms with Gasteiger partial charge < -0.3 is 10.3 Å². The molecule has 5 heteroatoms. The van der Waals surface area contributed by atoms with Crippen LogP contribution in [-0.4, -0.2) is 21.1 Å². The quantitative estimate of drug-likeness (QED) is 0.851. The van der Waals surface area contributed by atoms with Gasteiger partial charge in [-0.25, -0.2) is 0 Å². The monoisotopic (exact) mass is 227 g/mol. The van der Waals surface area contributed by atoms with Crippen molar-refractivity contribution in [2.24, 2.45) is 5.73 Å². The van der Waals surface area contributed by atoms with Crippen molar-refractivity contribution in [1.29, 1.82) is 0 Å². The van der Waals surface area contributed by atoms with Crippen LogP contribution in [0.2, 0.25) is 0 Å². The summed E-state index contributed by atoms with van der Waals surface area (Å²) in [6.45, 7) is 4.23. The van der Waals surface area contributed by atoms with Crippen LogP contribution < -0.4 is 5.73 Å². The van der Waals surface area contributed by atoms with Gasteiger partial charge in [-0.05, 0) is 18.6 Å². The minimum Gasteiger partial charge on any atom is -0.339 e. The largest absolute Gasteiger partial charge is 0.339 e. The number of hydrogen-bond donors (Lipinski definition) is 1. The molecule has 1 aliphatic heterocycles. The highest BCUT2D eigenvalue weighted by atomic mass is 32.2. The predicted octanol–water partition coefficient (Wildman–Crippen LogP) is 1.70. The summed E-state index contributed by atoms with van der Waals surface area (Å²) in [6.07, 6.45) is 2.79. The fourth-order valence-corrected chi connectivity index (χ4v) is 3.14. The van der Waals surface area contributed by atoms with Gasteiger partial charge in [-0.15, -0.1) is 0 Å². The fourth-order valence-electron chi connectivity index (χ4n) is 1.81. The summed E-state index contributed by atoms with van der Waals surface area (Å²) >= 11 is 1.87. The Labute approximate surface area is 94.0 Å². The minimum absolute atomic E-state index is 0.365. The van der Waals surface area contributed by atoms with Gasteiger partial charge in [0, 0.05) is 11.7 Å². The van der Waals surface area contributed by atoms with Crippen molar-refractivity contribution >= 4 is 11.8 Å². The molecular formula is C10H17N3OS. The van der Waals surface area contributed by atoms with Crippen molar-refractivity contribution in [3.05, 3.63) is 11.7 Å². The van der Waals surface area contributed by atoms with Gasteiger partial charge in [0.2, 0.25) is 5.89 Å². The molecule has 1 aliphatic rings. The third-order valence-corrected chi connectivity index (χ3v) is 4.32. The third-order valence-electron chi connectivity index (χ3n) is 2.96. The lowest BCUT2D eigenvalue weighted by Gasteiger charge is -2.23. The Morgan fingerprint density at radius 1 is 1.67 bits per heavy atom. The molecule has 1 aromatic rings. The van der Waals surface area contributed by atoms with Crippen LogP contribution in [0, 0.1) is 0 Å². The van der Waals surface area contributed by atoms with Crippen LogP contribution in [0.25, 0.3) is 0 Å². The second-order valence-corrected chi connectivity index (χ2v) is 5.51. The number of nitrogens with zero attached hydrogens (tertiary/aromatic N) is 2. The highest BCUT2D eigenvalue weighted by Crippen LogP contribution is 2.39. The molecule has 2 N–H and O–H groups in total. The standard InChI is InChI=1S/C10H17N3OS/c1-3-4-8-12-9(13-14-8)10(11)5-6-15-7(10)2/h7H,3-6,11H2,1-2H3. The number of nitrogens with two attached hydrogens (primary N) is 1. The summed E-state index contributed by atoms with van der Waals surface area (Å²) < 4.78 is 5.18. The van der Waals surface area contributed by atoms with Crippen LogP contribution >= 0.6 is 11.8 Å². The molecule has 1 aromatic heterocycles. The molecule has 2 rings (SSSR count). The maximum absolute atomic E-state index is 6.33. The van der Waals surface area contributed by atoms with Gasteiger partial charge in [-0.1, -0.05) is 19.0 Å². The molecule has 84 valence electrons. The lowest BCUT2D eigenvalue weighted by Crippen LogP contribution is -2.42. The van der Waals surface area contributed by atoms with Gasteiger partial charge in [0.25, 0.3) is 0 Å². The van der Waals surface area contributed by atoms with Crippen LogP contribution in [0.4, 0.5) is 0 Å². The Hall–Kier alpha value is -0.550. The first-order chi connectivity index (χ1) is 7.16. The Morgan fingerprint density at radius 2 is 2.47 bits per heavy atom. The van der Waals surface area contributed by atoms with Gasteiger partial charge in [0.05, 0.1) is 5.54 Å². The summed E-state index contributed by atoms with van der Waals surface area (Å²) in [6, 6.07) is 0. The maximum atomic E-state index is 6.33. The molecule has 0 spiro atoms. The molecule has 15 heavy (non-hydrogen) atoms. The molecular weight excluding hydrogens is 210 g/mol. The summed E-state index contributed by atoms with van der Waals surface area (Å²) in [4.78, 5) is 4.39. The van der Waals surface area contributed by atoms with Crippen LogP contribution in [0.1, 0.15) is 38.4 Å². The number of hydrogen-bond acceptors (Lipinski definition) is 5. The zero-order valence-corrected chi connectivity index (χ0v) is 10.0. The smallest absolute Gasteiger partial charge is 0.226 e. The molecule has 0 aliphatic carbocycles. The zero-order valence-electron chi connectivity index (χ0n) is 9.19. The van der Waals surface area contributed by atoms with E-state index in [0.29, 0.717) is 17.0 Å². The van der Waals surface area contributed by atoms with E-state index in [1.165, 1.54) is 0 Å². The van der Waals surface area contributed by atoms with Crippen molar-refractivity contribution in [1.82, 2.24) is 10.1 Å². The summed E-state index contributed by atoms with van der Waals surface area (Å²) in [5, 5.41) is 4.38. The maximum Gasteiger partial charge on any atom is 0.226 e. The summed E-state index contributed by atoms with van der Waals surface area (Å²) in [5.41, 5.74) is 5.94. The van der Waals surface area contributed by atoms with Crippen LogP contribution in [0.15, 0.2) is 4.52 Å². The van der Waals surface area contributed by atoms with Gasteiger partial charge in [-0.3, -0.25) is 0 Å². The van der Waals surface area contributed by atoms with E-state index in [1.807, 2.05) is 11.8 Å². The van der Waals surface area contributed by atoms with Gasteiger partial charge in [-0.2, -0.15) is 16.7 Å². The number of aryl methyl sites for hydroxylation is 1. The van der Waals surface area contributed by atoms with Crippen LogP contribution in [-0.2, 0) is 12.0 Å². The number of aromatic nitrogens is 2. The van der Waals surface area contributed by atoms with Crippen molar-refractivity contribution < 1.29 is 4.52 Å². The van der Waals surface area contributed by atoms with Crippen molar-refractivity contribution in [2.45, 2.75) is 43.9 Å². The van der Waals surface area contributed by atoms with E-state index < -0.39 is 0 Å². The zero-order chi connectivity index (χ0) is 10.9. The van der Waals surface area contributed by atoms with Gasteiger partial charge in [0.1, 0.15) is 0 Å². The first kappa shape index (κ1) is 11.0.